The topological polar surface area (TPSA) is 129 Å². The summed E-state index contributed by atoms with van der Waals surface area (Å²) in [6.07, 6.45) is 12.2. The van der Waals surface area contributed by atoms with Crippen molar-refractivity contribution in [2.45, 2.75) is 95.9 Å². The molecule has 3 aliphatic rings. The number of ether oxygens (including phenoxy) is 2. The number of rotatable bonds is 11. The Labute approximate surface area is 257 Å². The molecule has 3 unspecified atom stereocenters. The van der Waals surface area contributed by atoms with E-state index in [1.807, 2.05) is 13.0 Å². The molecule has 1 aliphatic heterocycles. The van der Waals surface area contributed by atoms with Crippen LogP contribution in [0.4, 0.5) is 3.89 Å². The molecule has 1 saturated heterocycles. The van der Waals surface area contributed by atoms with E-state index < -0.39 is 40.0 Å². The molecule has 1 aromatic carbocycles. The van der Waals surface area contributed by atoms with Crippen molar-refractivity contribution in [2.24, 2.45) is 16.2 Å². The predicted octanol–water partition coefficient (Wildman–Crippen LogP) is 4.70. The third-order valence-corrected chi connectivity index (χ3v) is 10.2. The zero-order chi connectivity index (χ0) is 31.4. The largest absolute Gasteiger partial charge is 0.377 e. The van der Waals surface area contributed by atoms with E-state index in [1.54, 1.807) is 19.1 Å². The van der Waals surface area contributed by atoms with Gasteiger partial charge in [-0.3, -0.25) is 19.1 Å². The summed E-state index contributed by atoms with van der Waals surface area (Å²) in [5.41, 5.74) is 1.36. The minimum atomic E-state index is -4.67. The Bertz CT molecular complexity index is 1650. The Morgan fingerprint density at radius 3 is 2.89 bits per heavy atom. The highest BCUT2D eigenvalue weighted by atomic mass is 32.3. The van der Waals surface area contributed by atoms with Gasteiger partial charge in [0.1, 0.15) is 30.5 Å². The number of nitrogens with zero attached hydrogens (tertiary/aromatic N) is 2. The molecule has 44 heavy (non-hydrogen) atoms. The van der Waals surface area contributed by atoms with Gasteiger partial charge in [-0.05, 0) is 73.6 Å². The van der Waals surface area contributed by atoms with E-state index >= 15 is 3.89 Å². The lowest BCUT2D eigenvalue weighted by molar-refractivity contribution is -0.119. The number of carbonyl (C=O) groups excluding carboxylic acids is 1. The van der Waals surface area contributed by atoms with Gasteiger partial charge < -0.3 is 13.7 Å². The standard InChI is InChI=1S/C32H40FN3O7S/c1-4-15-41-19-29-28(17-30(42-29)36-18-20(3)31(38)34-32(36)39)35-44(33,40)43-24-12-14-26-22(16-24)10-13-25-21(7-6-8-27(25)26)9-11-23(37)5-2/h1,12,14,16,18,21,25,27-30H,5-11,13,15,17,19H2,2-3H3,(H,34,38,39)/t21?,25-,27-,28?,29+,30+,44?/m0/s1. The highest BCUT2D eigenvalue weighted by molar-refractivity contribution is 7.84. The van der Waals surface area contributed by atoms with Crippen molar-refractivity contribution in [2.75, 3.05) is 13.2 Å². The summed E-state index contributed by atoms with van der Waals surface area (Å²) in [6, 6.07) is 4.37. The molecule has 5 rings (SSSR count). The van der Waals surface area contributed by atoms with Crippen LogP contribution in [-0.2, 0) is 31.1 Å². The maximum atomic E-state index is 15.5. The van der Waals surface area contributed by atoms with Gasteiger partial charge in [-0.25, -0.2) is 4.79 Å². The molecular formula is C32H40FN3O7S. The van der Waals surface area contributed by atoms with E-state index in [4.69, 9.17) is 20.1 Å². The van der Waals surface area contributed by atoms with Gasteiger partial charge in [0.25, 0.3) is 5.56 Å². The van der Waals surface area contributed by atoms with Gasteiger partial charge in [-0.1, -0.05) is 35.6 Å². The Morgan fingerprint density at radius 2 is 2.11 bits per heavy atom. The number of benzene rings is 1. The number of hydrogen-bond acceptors (Lipinski definition) is 8. The van der Waals surface area contributed by atoms with E-state index in [0.29, 0.717) is 41.9 Å². The maximum absolute atomic E-state index is 15.5. The smallest absolute Gasteiger partial charge is 0.373 e. The zero-order valence-electron chi connectivity index (χ0n) is 25.2. The van der Waals surface area contributed by atoms with Crippen LogP contribution in [0.3, 0.4) is 0 Å². The van der Waals surface area contributed by atoms with Crippen LogP contribution in [0, 0.1) is 31.1 Å². The van der Waals surface area contributed by atoms with Crippen LogP contribution in [-0.4, -0.2) is 44.9 Å². The number of nitrogens with one attached hydrogen (secondary N) is 1. The summed E-state index contributed by atoms with van der Waals surface area (Å²) < 4.78 is 50.3. The zero-order valence-corrected chi connectivity index (χ0v) is 26.0. The number of hydrogen-bond donors (Lipinski definition) is 1. The van der Waals surface area contributed by atoms with Crippen LogP contribution in [0.25, 0.3) is 0 Å². The van der Waals surface area contributed by atoms with Crippen molar-refractivity contribution in [1.82, 2.24) is 9.55 Å². The van der Waals surface area contributed by atoms with Crippen molar-refractivity contribution in [1.29, 1.82) is 0 Å². The first-order chi connectivity index (χ1) is 21.1. The highest BCUT2D eigenvalue weighted by Crippen LogP contribution is 2.49. The van der Waals surface area contributed by atoms with Crippen molar-refractivity contribution in [3.05, 3.63) is 61.9 Å². The number of aromatic amines is 1. The molecule has 2 aliphatic carbocycles. The fourth-order valence-corrected chi connectivity index (χ4v) is 8.01. The molecular weight excluding hydrogens is 589 g/mol. The molecule has 1 saturated carbocycles. The average molecular weight is 630 g/mol. The lowest BCUT2D eigenvalue weighted by atomic mass is 9.62. The molecule has 2 fully saturated rings. The minimum absolute atomic E-state index is 0.00197. The Balaban J connectivity index is 1.32. The van der Waals surface area contributed by atoms with Gasteiger partial charge in [0.05, 0.1) is 12.6 Å². The highest BCUT2D eigenvalue weighted by Gasteiger charge is 2.40. The van der Waals surface area contributed by atoms with E-state index in [0.717, 1.165) is 44.1 Å². The first-order valence-corrected chi connectivity index (χ1v) is 16.7. The van der Waals surface area contributed by atoms with Crippen LogP contribution < -0.4 is 15.4 Å². The third-order valence-electron chi connectivity index (χ3n) is 9.25. The lowest BCUT2D eigenvalue weighted by Gasteiger charge is -2.42. The number of halogens is 1. The number of carbonyl (C=O) groups is 1. The van der Waals surface area contributed by atoms with Crippen molar-refractivity contribution < 1.29 is 26.5 Å². The molecule has 7 atom stereocenters. The van der Waals surface area contributed by atoms with Crippen LogP contribution >= 0.6 is 0 Å². The first-order valence-electron chi connectivity index (χ1n) is 15.4. The molecule has 2 heterocycles. The molecule has 0 amide bonds. The SMILES string of the molecule is C#CCOC[C@H]1O[C@@H](n2cc(C)c(=O)[nH]c2=O)CC1N=S(=O)(F)Oc1ccc2c(c1)CC[C@H]1C(CCC(=O)CC)CCC[C@H]21. The summed E-state index contributed by atoms with van der Waals surface area (Å²) in [5.74, 6) is 4.22. The Hall–Kier alpha value is -3.27. The molecule has 2 aromatic rings. The summed E-state index contributed by atoms with van der Waals surface area (Å²) >= 11 is 0. The van der Waals surface area contributed by atoms with Gasteiger partial charge in [0.2, 0.25) is 0 Å². The van der Waals surface area contributed by atoms with E-state index in [1.165, 1.54) is 16.3 Å². The second kappa shape index (κ2) is 13.8. The fraction of sp³-hybridized carbons (Fsp3) is 0.594. The molecule has 238 valence electrons. The maximum Gasteiger partial charge on any atom is 0.377 e. The van der Waals surface area contributed by atoms with Crippen molar-refractivity contribution in [3.63, 3.8) is 0 Å². The van der Waals surface area contributed by atoms with Crippen molar-refractivity contribution in [3.8, 4) is 18.1 Å². The van der Waals surface area contributed by atoms with Crippen LogP contribution in [0.15, 0.2) is 38.3 Å². The number of H-pyrrole nitrogens is 1. The normalized spacial score (nSPS) is 27.4. The average Bonchev–Trinajstić information content (AvgIpc) is 3.38. The van der Waals surface area contributed by atoms with Crippen LogP contribution in [0.1, 0.15) is 87.1 Å². The number of fused-ring (bicyclic) bond motifs is 3. The van der Waals surface area contributed by atoms with Crippen LogP contribution in [0.2, 0.25) is 0 Å². The van der Waals surface area contributed by atoms with Gasteiger partial charge in [0, 0.05) is 31.0 Å². The molecule has 0 bridgehead atoms. The number of aromatic nitrogens is 2. The first kappa shape index (κ1) is 32.1. The van der Waals surface area contributed by atoms with Gasteiger partial charge in [0.15, 0.2) is 0 Å². The molecule has 10 nitrogen and oxygen atoms in total. The second-order valence-electron chi connectivity index (χ2n) is 12.0. The monoisotopic (exact) mass is 629 g/mol. The van der Waals surface area contributed by atoms with Crippen molar-refractivity contribution >= 4 is 16.2 Å². The molecule has 12 heteroatoms. The molecule has 0 radical (unpaired) electrons. The Kier molecular flexibility index (Phi) is 10.1. The number of aryl methyl sites for hydroxylation is 2. The summed E-state index contributed by atoms with van der Waals surface area (Å²) in [4.78, 5) is 38.4. The molecule has 1 aromatic heterocycles. The number of Topliss-reactive ketones (excluding diaryl/α,β-unsaturated/α-hetero) is 1. The lowest BCUT2D eigenvalue weighted by Crippen LogP contribution is -2.33. The van der Waals surface area contributed by atoms with E-state index in [-0.39, 0.29) is 25.4 Å². The Morgan fingerprint density at radius 1 is 1.30 bits per heavy atom. The number of terminal acetylenes is 1. The summed E-state index contributed by atoms with van der Waals surface area (Å²) in [6.45, 7) is 3.36. The summed E-state index contributed by atoms with van der Waals surface area (Å²) in [7, 11) is -4.67. The third kappa shape index (κ3) is 7.33. The molecule has 0 spiro atoms. The quantitative estimate of drug-likeness (QED) is 0.217. The predicted molar refractivity (Wildman–Crippen MR) is 163 cm³/mol. The van der Waals surface area contributed by atoms with Gasteiger partial charge in [-0.2, -0.15) is 8.57 Å². The fourth-order valence-electron chi connectivity index (χ4n) is 7.08. The van der Waals surface area contributed by atoms with E-state index in [9.17, 15) is 18.6 Å². The molecule has 1 N–H and O–H groups in total. The van der Waals surface area contributed by atoms with E-state index in [2.05, 4.69) is 15.3 Å². The summed E-state index contributed by atoms with van der Waals surface area (Å²) in [5, 5.41) is 0. The van der Waals surface area contributed by atoms with Crippen LogP contribution in [0.5, 0.6) is 5.75 Å². The number of ketones is 1. The van der Waals surface area contributed by atoms with Gasteiger partial charge in [-0.15, -0.1) is 6.42 Å². The minimum Gasteiger partial charge on any atom is -0.373 e. The van der Waals surface area contributed by atoms with Gasteiger partial charge >= 0.3 is 16.1 Å². The second-order valence-corrected chi connectivity index (χ2v) is 13.2.